The molecule has 0 aromatic heterocycles. The van der Waals surface area contributed by atoms with Gasteiger partial charge < -0.3 is 10.2 Å². The molecule has 1 fully saturated rings. The molecule has 1 atom stereocenters. The van der Waals surface area contributed by atoms with E-state index in [-0.39, 0.29) is 6.61 Å². The lowest BCUT2D eigenvalue weighted by molar-refractivity contribution is -0.150. The summed E-state index contributed by atoms with van der Waals surface area (Å²) < 4.78 is 0. The van der Waals surface area contributed by atoms with Crippen LogP contribution in [0.25, 0.3) is 0 Å². The van der Waals surface area contributed by atoms with E-state index in [9.17, 15) is 4.79 Å². The molecule has 0 aromatic rings. The quantitative estimate of drug-likeness (QED) is 0.638. The lowest BCUT2D eigenvalue weighted by Crippen LogP contribution is -2.30. The summed E-state index contributed by atoms with van der Waals surface area (Å²) in [5.74, 6) is -0.471. The molecule has 0 aliphatic heterocycles. The molecule has 0 radical (unpaired) electrons. The Labute approximate surface area is 66.0 Å². The molecule has 0 bridgehead atoms. The predicted octanol–water partition coefficient (Wildman–Crippen LogP) is 0.870. The third-order valence-corrected chi connectivity index (χ3v) is 2.60. The van der Waals surface area contributed by atoms with Gasteiger partial charge in [0.1, 0.15) is 0 Å². The Morgan fingerprint density at radius 3 is 2.45 bits per heavy atom. The fourth-order valence-electron chi connectivity index (χ4n) is 1.44. The van der Waals surface area contributed by atoms with Crippen molar-refractivity contribution in [2.45, 2.75) is 26.2 Å². The second-order valence-electron chi connectivity index (χ2n) is 3.47. The van der Waals surface area contributed by atoms with Crippen LogP contribution < -0.4 is 0 Å². The molecule has 1 aliphatic rings. The fraction of sp³-hybridized carbons (Fsp3) is 0.875. The number of hydrogen-bond acceptors (Lipinski definition) is 2. The number of carbonyl (C=O) groups is 1. The van der Waals surface area contributed by atoms with Crippen LogP contribution in [0.1, 0.15) is 26.2 Å². The van der Waals surface area contributed by atoms with Crippen molar-refractivity contribution in [3.63, 3.8) is 0 Å². The van der Waals surface area contributed by atoms with Crippen LogP contribution in [-0.2, 0) is 4.79 Å². The van der Waals surface area contributed by atoms with Gasteiger partial charge in [0.25, 0.3) is 0 Å². The zero-order valence-electron chi connectivity index (χ0n) is 6.71. The van der Waals surface area contributed by atoms with Gasteiger partial charge in [-0.05, 0) is 32.1 Å². The van der Waals surface area contributed by atoms with Crippen LogP contribution in [0.3, 0.4) is 0 Å². The Morgan fingerprint density at radius 2 is 2.18 bits per heavy atom. The molecule has 0 spiro atoms. The van der Waals surface area contributed by atoms with Gasteiger partial charge in [-0.2, -0.15) is 0 Å². The molecule has 1 unspecified atom stereocenters. The fourth-order valence-corrected chi connectivity index (χ4v) is 1.44. The molecule has 64 valence electrons. The summed E-state index contributed by atoms with van der Waals surface area (Å²) in [7, 11) is 0. The van der Waals surface area contributed by atoms with E-state index in [4.69, 9.17) is 10.2 Å². The van der Waals surface area contributed by atoms with Gasteiger partial charge in [0.05, 0.1) is 5.41 Å². The number of aliphatic carboxylic acids is 1. The minimum Gasteiger partial charge on any atom is -0.481 e. The van der Waals surface area contributed by atoms with Gasteiger partial charge in [-0.25, -0.2) is 0 Å². The first-order chi connectivity index (χ1) is 5.11. The predicted molar refractivity (Wildman–Crippen MR) is 40.2 cm³/mol. The molecule has 0 aromatic carbocycles. The normalized spacial score (nSPS) is 22.7. The number of hydrogen-bond donors (Lipinski definition) is 2. The minimum absolute atomic E-state index is 0.0285. The third kappa shape index (κ3) is 1.53. The zero-order valence-corrected chi connectivity index (χ0v) is 6.71. The largest absolute Gasteiger partial charge is 0.481 e. The summed E-state index contributed by atoms with van der Waals surface area (Å²) in [6.07, 6.45) is 2.39. The van der Waals surface area contributed by atoms with E-state index in [1.807, 2.05) is 0 Å². The van der Waals surface area contributed by atoms with E-state index < -0.39 is 11.4 Å². The van der Waals surface area contributed by atoms with Gasteiger partial charge in [-0.3, -0.25) is 4.79 Å². The van der Waals surface area contributed by atoms with Crippen LogP contribution in [0.2, 0.25) is 0 Å². The smallest absolute Gasteiger partial charge is 0.309 e. The van der Waals surface area contributed by atoms with Crippen molar-refractivity contribution in [1.82, 2.24) is 0 Å². The number of carboxylic acid groups (broad SMARTS) is 1. The first kappa shape index (κ1) is 8.53. The van der Waals surface area contributed by atoms with Crippen molar-refractivity contribution in [2.75, 3.05) is 6.61 Å². The molecule has 1 rings (SSSR count). The topological polar surface area (TPSA) is 57.5 Å². The van der Waals surface area contributed by atoms with E-state index in [0.717, 1.165) is 12.8 Å². The number of rotatable bonds is 4. The number of aliphatic hydroxyl groups excluding tert-OH is 1. The number of aliphatic hydroxyl groups is 1. The zero-order chi connectivity index (χ0) is 8.48. The second kappa shape index (κ2) is 2.81. The summed E-state index contributed by atoms with van der Waals surface area (Å²) in [4.78, 5) is 10.8. The summed E-state index contributed by atoms with van der Waals surface area (Å²) >= 11 is 0. The Hall–Kier alpha value is -0.570. The van der Waals surface area contributed by atoms with E-state index in [1.54, 1.807) is 6.92 Å². The summed E-state index contributed by atoms with van der Waals surface area (Å²) in [5.41, 5.74) is -0.672. The van der Waals surface area contributed by atoms with Crippen LogP contribution in [0.5, 0.6) is 0 Å². The third-order valence-electron chi connectivity index (χ3n) is 2.60. The Balaban J connectivity index is 2.61. The monoisotopic (exact) mass is 158 g/mol. The van der Waals surface area contributed by atoms with Gasteiger partial charge in [0.2, 0.25) is 0 Å². The van der Waals surface area contributed by atoms with Gasteiger partial charge in [-0.15, -0.1) is 0 Å². The average molecular weight is 158 g/mol. The van der Waals surface area contributed by atoms with Crippen molar-refractivity contribution in [3.05, 3.63) is 0 Å². The summed E-state index contributed by atoms with van der Waals surface area (Å²) in [5, 5.41) is 17.5. The van der Waals surface area contributed by atoms with Crippen LogP contribution in [0, 0.1) is 11.3 Å². The number of carboxylic acids is 1. The average Bonchev–Trinajstić information content (AvgIpc) is 2.68. The van der Waals surface area contributed by atoms with Gasteiger partial charge in [0, 0.05) is 6.61 Å². The molecular weight excluding hydrogens is 144 g/mol. The highest BCUT2D eigenvalue weighted by atomic mass is 16.4. The molecule has 0 saturated heterocycles. The van der Waals surface area contributed by atoms with Crippen molar-refractivity contribution in [3.8, 4) is 0 Å². The molecule has 3 heteroatoms. The Kier molecular flexibility index (Phi) is 2.18. The maximum absolute atomic E-state index is 10.8. The van der Waals surface area contributed by atoms with Gasteiger partial charge >= 0.3 is 5.97 Å². The molecule has 3 nitrogen and oxygen atoms in total. The van der Waals surface area contributed by atoms with Crippen LogP contribution in [-0.4, -0.2) is 22.8 Å². The van der Waals surface area contributed by atoms with E-state index in [0.29, 0.717) is 12.3 Å². The highest BCUT2D eigenvalue weighted by molar-refractivity contribution is 5.75. The summed E-state index contributed by atoms with van der Waals surface area (Å²) in [6, 6.07) is 0. The van der Waals surface area contributed by atoms with Gasteiger partial charge in [0.15, 0.2) is 0 Å². The van der Waals surface area contributed by atoms with Crippen LogP contribution in [0.15, 0.2) is 0 Å². The molecule has 11 heavy (non-hydrogen) atoms. The first-order valence-corrected chi connectivity index (χ1v) is 3.95. The molecule has 0 heterocycles. The van der Waals surface area contributed by atoms with E-state index in [2.05, 4.69) is 0 Å². The SMILES string of the molecule is CC(CCO)(C(=O)O)C1CC1. The Bertz CT molecular complexity index is 163. The van der Waals surface area contributed by atoms with Crippen molar-refractivity contribution in [1.29, 1.82) is 0 Å². The molecule has 2 N–H and O–H groups in total. The highest BCUT2D eigenvalue weighted by Gasteiger charge is 2.46. The molecule has 1 saturated carbocycles. The lowest BCUT2D eigenvalue weighted by atomic mass is 9.82. The summed E-state index contributed by atoms with van der Waals surface area (Å²) in [6.45, 7) is 1.70. The standard InChI is InChI=1S/C8H14O3/c1-8(4-5-9,7(10)11)6-2-3-6/h6,9H,2-5H2,1H3,(H,10,11). The second-order valence-corrected chi connectivity index (χ2v) is 3.47. The van der Waals surface area contributed by atoms with Crippen molar-refractivity contribution in [2.24, 2.45) is 11.3 Å². The van der Waals surface area contributed by atoms with E-state index in [1.165, 1.54) is 0 Å². The lowest BCUT2D eigenvalue weighted by Gasteiger charge is -2.22. The highest BCUT2D eigenvalue weighted by Crippen LogP contribution is 2.47. The minimum atomic E-state index is -0.769. The maximum atomic E-state index is 10.8. The van der Waals surface area contributed by atoms with Crippen LogP contribution in [0.4, 0.5) is 0 Å². The Morgan fingerprint density at radius 1 is 1.64 bits per heavy atom. The molecule has 1 aliphatic carbocycles. The molecular formula is C8H14O3. The van der Waals surface area contributed by atoms with Gasteiger partial charge in [-0.1, -0.05) is 0 Å². The van der Waals surface area contributed by atoms with E-state index >= 15 is 0 Å². The first-order valence-electron chi connectivity index (χ1n) is 3.95. The maximum Gasteiger partial charge on any atom is 0.309 e. The van der Waals surface area contributed by atoms with Crippen LogP contribution >= 0.6 is 0 Å². The van der Waals surface area contributed by atoms with Crippen molar-refractivity contribution < 1.29 is 15.0 Å². The van der Waals surface area contributed by atoms with Crippen molar-refractivity contribution >= 4 is 5.97 Å². The molecule has 0 amide bonds.